The molecule has 0 aromatic heterocycles. The average molecular weight is 378 g/mol. The number of halogens is 1. The molecule has 1 rings (SSSR count). The summed E-state index contributed by atoms with van der Waals surface area (Å²) < 4.78 is 11.5. The summed E-state index contributed by atoms with van der Waals surface area (Å²) in [5.74, 6) is 0.847. The summed E-state index contributed by atoms with van der Waals surface area (Å²) in [5, 5.41) is 9.27. The average Bonchev–Trinajstić information content (AvgIpc) is 2.49. The molecule has 0 spiro atoms. The quantitative estimate of drug-likeness (QED) is 0.414. The largest absolute Gasteiger partial charge is 0.493 e. The van der Waals surface area contributed by atoms with E-state index in [2.05, 4.69) is 22.5 Å². The van der Waals surface area contributed by atoms with Crippen LogP contribution in [-0.4, -0.2) is 19.5 Å². The van der Waals surface area contributed by atoms with Crippen molar-refractivity contribution in [2.24, 2.45) is 5.41 Å². The van der Waals surface area contributed by atoms with Crippen LogP contribution in [0, 0.1) is 16.7 Å². The highest BCUT2D eigenvalue weighted by Gasteiger charge is 2.25. The SMILES string of the molecule is C=CCOc1c(Br)cc(/C=C(\C#N)C(=O)C(C)(C)C)cc1OC. The summed E-state index contributed by atoms with van der Waals surface area (Å²) in [6, 6.07) is 5.46. The highest BCUT2D eigenvalue weighted by atomic mass is 79.9. The van der Waals surface area contributed by atoms with Gasteiger partial charge in [0.15, 0.2) is 17.3 Å². The number of hydrogen-bond donors (Lipinski definition) is 0. The molecule has 0 heterocycles. The number of allylic oxidation sites excluding steroid dienone is 1. The first kappa shape index (κ1) is 19.0. The third kappa shape index (κ3) is 4.97. The molecule has 23 heavy (non-hydrogen) atoms. The molecule has 0 fully saturated rings. The molecule has 122 valence electrons. The number of hydrogen-bond acceptors (Lipinski definition) is 4. The number of Topliss-reactive ketones (excluding diaryl/α,β-unsaturated/α-hetero) is 1. The van der Waals surface area contributed by atoms with Crippen LogP contribution in [0.2, 0.25) is 0 Å². The Hall–Kier alpha value is -2.06. The number of carbonyl (C=O) groups excluding carboxylic acids is 1. The Bertz CT molecular complexity index is 679. The summed E-state index contributed by atoms with van der Waals surface area (Å²) in [6.07, 6.45) is 3.19. The zero-order valence-electron chi connectivity index (χ0n) is 13.8. The summed E-state index contributed by atoms with van der Waals surface area (Å²) >= 11 is 3.42. The number of carbonyl (C=O) groups is 1. The van der Waals surface area contributed by atoms with Crippen LogP contribution in [-0.2, 0) is 4.79 Å². The van der Waals surface area contributed by atoms with Crippen molar-refractivity contribution in [1.82, 2.24) is 0 Å². The predicted octanol–water partition coefficient (Wildman–Crippen LogP) is 4.54. The Kier molecular flexibility index (Phi) is 6.59. The zero-order valence-corrected chi connectivity index (χ0v) is 15.4. The number of nitrogens with zero attached hydrogens (tertiary/aromatic N) is 1. The van der Waals surface area contributed by atoms with Crippen LogP contribution >= 0.6 is 15.9 Å². The van der Waals surface area contributed by atoms with Crippen LogP contribution < -0.4 is 9.47 Å². The highest BCUT2D eigenvalue weighted by Crippen LogP contribution is 2.37. The summed E-state index contributed by atoms with van der Waals surface area (Å²) in [4.78, 5) is 12.3. The molecule has 0 radical (unpaired) electrons. The molecule has 0 N–H and O–H groups in total. The van der Waals surface area contributed by atoms with Gasteiger partial charge in [-0.1, -0.05) is 33.4 Å². The minimum atomic E-state index is -0.615. The molecule has 5 heteroatoms. The van der Waals surface area contributed by atoms with Gasteiger partial charge in [-0.05, 0) is 39.7 Å². The Labute approximate surface area is 145 Å². The monoisotopic (exact) mass is 377 g/mol. The van der Waals surface area contributed by atoms with Gasteiger partial charge in [-0.15, -0.1) is 0 Å². The molecule has 0 bridgehead atoms. The Morgan fingerprint density at radius 2 is 2.09 bits per heavy atom. The first-order valence-electron chi connectivity index (χ1n) is 7.02. The third-order valence-electron chi connectivity index (χ3n) is 2.95. The molecule has 0 saturated carbocycles. The smallest absolute Gasteiger partial charge is 0.178 e. The van der Waals surface area contributed by atoms with Crippen molar-refractivity contribution >= 4 is 27.8 Å². The van der Waals surface area contributed by atoms with E-state index in [0.29, 0.717) is 28.1 Å². The van der Waals surface area contributed by atoms with Crippen molar-refractivity contribution in [3.63, 3.8) is 0 Å². The molecule has 0 atom stereocenters. The van der Waals surface area contributed by atoms with Gasteiger partial charge in [0, 0.05) is 5.41 Å². The maximum atomic E-state index is 12.3. The minimum absolute atomic E-state index is 0.103. The maximum absolute atomic E-state index is 12.3. The standard InChI is InChI=1S/C18H20BrNO3/c1-6-7-23-16-14(19)9-12(10-15(16)22-5)8-13(11-20)17(21)18(2,3)4/h6,8-10H,1,7H2,2-5H3/b13-8+. The van der Waals surface area contributed by atoms with E-state index in [1.54, 1.807) is 45.1 Å². The lowest BCUT2D eigenvalue weighted by Gasteiger charge is -2.16. The first-order chi connectivity index (χ1) is 10.7. The van der Waals surface area contributed by atoms with Crippen LogP contribution in [0.15, 0.2) is 34.8 Å². The van der Waals surface area contributed by atoms with Crippen molar-refractivity contribution < 1.29 is 14.3 Å². The number of nitriles is 1. The lowest BCUT2D eigenvalue weighted by Crippen LogP contribution is -2.21. The van der Waals surface area contributed by atoms with Crippen LogP contribution in [0.1, 0.15) is 26.3 Å². The fraction of sp³-hybridized carbons (Fsp3) is 0.333. The normalized spacial score (nSPS) is 11.6. The summed E-state index contributed by atoms with van der Waals surface area (Å²) in [7, 11) is 1.53. The van der Waals surface area contributed by atoms with Gasteiger partial charge in [0.05, 0.1) is 17.2 Å². The Morgan fingerprint density at radius 1 is 1.43 bits per heavy atom. The van der Waals surface area contributed by atoms with Crippen molar-refractivity contribution in [1.29, 1.82) is 5.26 Å². The Balaban J connectivity index is 3.31. The van der Waals surface area contributed by atoms with E-state index in [9.17, 15) is 10.1 Å². The molecule has 0 unspecified atom stereocenters. The van der Waals surface area contributed by atoms with Gasteiger partial charge in [-0.25, -0.2) is 0 Å². The predicted molar refractivity (Wildman–Crippen MR) is 94.4 cm³/mol. The topological polar surface area (TPSA) is 59.3 Å². The second-order valence-corrected chi connectivity index (χ2v) is 6.74. The molecule has 0 aliphatic carbocycles. The first-order valence-corrected chi connectivity index (χ1v) is 7.81. The molecule has 0 aliphatic rings. The lowest BCUT2D eigenvalue weighted by molar-refractivity contribution is -0.121. The van der Waals surface area contributed by atoms with Gasteiger partial charge in [0.25, 0.3) is 0 Å². The summed E-state index contributed by atoms with van der Waals surface area (Å²) in [6.45, 7) is 9.29. The number of ether oxygens (including phenoxy) is 2. The fourth-order valence-corrected chi connectivity index (χ4v) is 2.40. The second kappa shape index (κ2) is 7.98. The van der Waals surface area contributed by atoms with Crippen molar-refractivity contribution in [2.45, 2.75) is 20.8 Å². The van der Waals surface area contributed by atoms with E-state index in [0.717, 1.165) is 0 Å². The number of ketones is 1. The van der Waals surface area contributed by atoms with Crippen LogP contribution in [0.5, 0.6) is 11.5 Å². The van der Waals surface area contributed by atoms with Crippen LogP contribution in [0.4, 0.5) is 0 Å². The highest BCUT2D eigenvalue weighted by molar-refractivity contribution is 9.10. The maximum Gasteiger partial charge on any atom is 0.178 e. The van der Waals surface area contributed by atoms with Gasteiger partial charge in [0.2, 0.25) is 0 Å². The van der Waals surface area contributed by atoms with Crippen molar-refractivity contribution in [3.05, 3.63) is 40.4 Å². The van der Waals surface area contributed by atoms with E-state index >= 15 is 0 Å². The van der Waals surface area contributed by atoms with Crippen molar-refractivity contribution in [2.75, 3.05) is 13.7 Å². The van der Waals surface area contributed by atoms with Crippen LogP contribution in [0.25, 0.3) is 6.08 Å². The molecule has 1 aromatic carbocycles. The van der Waals surface area contributed by atoms with E-state index in [1.165, 1.54) is 7.11 Å². The molecule has 0 amide bonds. The summed E-state index contributed by atoms with van der Waals surface area (Å²) in [5.41, 5.74) is 0.163. The second-order valence-electron chi connectivity index (χ2n) is 5.88. The lowest BCUT2D eigenvalue weighted by atomic mass is 9.86. The number of benzene rings is 1. The van der Waals surface area contributed by atoms with Gasteiger partial charge >= 0.3 is 0 Å². The van der Waals surface area contributed by atoms with Gasteiger partial charge in [0.1, 0.15) is 12.7 Å². The number of methoxy groups -OCH3 is 1. The molecule has 0 aliphatic heterocycles. The third-order valence-corrected chi connectivity index (χ3v) is 3.54. The molecular formula is C18H20BrNO3. The van der Waals surface area contributed by atoms with E-state index in [-0.39, 0.29) is 11.4 Å². The molecular weight excluding hydrogens is 358 g/mol. The molecule has 4 nitrogen and oxygen atoms in total. The van der Waals surface area contributed by atoms with Crippen molar-refractivity contribution in [3.8, 4) is 17.6 Å². The fourth-order valence-electron chi connectivity index (χ4n) is 1.82. The van der Waals surface area contributed by atoms with Crippen LogP contribution in [0.3, 0.4) is 0 Å². The zero-order chi connectivity index (χ0) is 17.6. The Morgan fingerprint density at radius 3 is 2.57 bits per heavy atom. The molecule has 0 saturated heterocycles. The minimum Gasteiger partial charge on any atom is -0.493 e. The van der Waals surface area contributed by atoms with E-state index < -0.39 is 5.41 Å². The van der Waals surface area contributed by atoms with E-state index in [4.69, 9.17) is 9.47 Å². The van der Waals surface area contributed by atoms with E-state index in [1.807, 2.05) is 6.07 Å². The van der Waals surface area contributed by atoms with Gasteiger partial charge < -0.3 is 9.47 Å². The molecule has 1 aromatic rings. The van der Waals surface area contributed by atoms with Gasteiger partial charge in [-0.2, -0.15) is 5.26 Å². The number of rotatable bonds is 6. The van der Waals surface area contributed by atoms with Gasteiger partial charge in [-0.3, -0.25) is 4.79 Å².